The standard InChI is InChI=1S/C34H25Br2N3O4/c1-3-8-23-15-21(16-30(41-2)32(23)42-20-24-13-14-25(35)18-27(24)36)19-37-39-33(31-17-22-9-4-7-12-29(22)43-31)38-28-11-6-5-10-26(28)34(39)40/h3-7,9-19H,1,8,20H2,2H3. The third kappa shape index (κ3) is 5.91. The summed E-state index contributed by atoms with van der Waals surface area (Å²) < 4.78 is 21.3. The summed E-state index contributed by atoms with van der Waals surface area (Å²) in [6.07, 6.45) is 3.94. The molecule has 0 aliphatic rings. The first-order chi connectivity index (χ1) is 20.9. The fraction of sp³-hybridized carbons (Fsp3) is 0.0882. The molecule has 0 unspecified atom stereocenters. The van der Waals surface area contributed by atoms with Crippen LogP contribution >= 0.6 is 31.9 Å². The molecular formula is C34H25Br2N3O4. The Labute approximate surface area is 264 Å². The molecule has 6 aromatic rings. The van der Waals surface area contributed by atoms with Crippen LogP contribution in [0, 0.1) is 0 Å². The van der Waals surface area contributed by atoms with Crippen LogP contribution in [0.5, 0.6) is 11.5 Å². The van der Waals surface area contributed by atoms with Crippen molar-refractivity contribution in [3.63, 3.8) is 0 Å². The van der Waals surface area contributed by atoms with Gasteiger partial charge in [0, 0.05) is 25.5 Å². The number of hydrogen-bond acceptors (Lipinski definition) is 6. The number of ether oxygens (including phenoxy) is 2. The van der Waals surface area contributed by atoms with Crippen molar-refractivity contribution >= 4 is 59.9 Å². The second-order valence-electron chi connectivity index (χ2n) is 9.69. The van der Waals surface area contributed by atoms with Crippen molar-refractivity contribution in [2.75, 3.05) is 7.11 Å². The molecule has 0 saturated heterocycles. The molecule has 0 saturated carbocycles. The number of nitrogens with zero attached hydrogens (tertiary/aromatic N) is 3. The summed E-state index contributed by atoms with van der Waals surface area (Å²) >= 11 is 7.08. The minimum atomic E-state index is -0.310. The predicted molar refractivity (Wildman–Crippen MR) is 177 cm³/mol. The number of para-hydroxylation sites is 2. The van der Waals surface area contributed by atoms with E-state index < -0.39 is 0 Å². The Balaban J connectivity index is 1.42. The quantitative estimate of drug-likeness (QED) is 0.112. The van der Waals surface area contributed by atoms with Crippen LogP contribution in [0.15, 0.2) is 121 Å². The van der Waals surface area contributed by atoms with E-state index in [0.717, 1.165) is 25.5 Å². The van der Waals surface area contributed by atoms with Crippen molar-refractivity contribution in [3.8, 4) is 23.1 Å². The number of fused-ring (bicyclic) bond motifs is 2. The van der Waals surface area contributed by atoms with Gasteiger partial charge in [-0.05, 0) is 60.5 Å². The van der Waals surface area contributed by atoms with E-state index in [-0.39, 0.29) is 5.56 Å². The topological polar surface area (TPSA) is 78.9 Å². The van der Waals surface area contributed by atoms with Crippen LogP contribution in [0.25, 0.3) is 33.5 Å². The van der Waals surface area contributed by atoms with E-state index >= 15 is 0 Å². The molecule has 43 heavy (non-hydrogen) atoms. The maximum Gasteiger partial charge on any atom is 0.282 e. The van der Waals surface area contributed by atoms with Gasteiger partial charge in [-0.15, -0.1) is 6.58 Å². The van der Waals surface area contributed by atoms with E-state index in [9.17, 15) is 4.79 Å². The first-order valence-electron chi connectivity index (χ1n) is 13.4. The van der Waals surface area contributed by atoms with Crippen molar-refractivity contribution in [3.05, 3.63) is 134 Å². The molecule has 0 spiro atoms. The third-order valence-electron chi connectivity index (χ3n) is 6.85. The Kier molecular flexibility index (Phi) is 8.26. The largest absolute Gasteiger partial charge is 0.493 e. The Morgan fingerprint density at radius 1 is 1.00 bits per heavy atom. The minimum Gasteiger partial charge on any atom is -0.493 e. The molecular weight excluding hydrogens is 674 g/mol. The first kappa shape index (κ1) is 28.6. The molecule has 0 aliphatic heterocycles. The van der Waals surface area contributed by atoms with Gasteiger partial charge in [0.1, 0.15) is 12.2 Å². The molecule has 0 N–H and O–H groups in total. The first-order valence-corrected chi connectivity index (χ1v) is 15.0. The Morgan fingerprint density at radius 2 is 1.81 bits per heavy atom. The van der Waals surface area contributed by atoms with Crippen molar-refractivity contribution in [1.29, 1.82) is 0 Å². The number of halogens is 2. The number of rotatable bonds is 9. The van der Waals surface area contributed by atoms with E-state index in [4.69, 9.17) is 18.9 Å². The van der Waals surface area contributed by atoms with Crippen molar-refractivity contribution in [1.82, 2.24) is 9.66 Å². The zero-order chi connectivity index (χ0) is 29.9. The highest BCUT2D eigenvalue weighted by atomic mass is 79.9. The minimum absolute atomic E-state index is 0.300. The zero-order valence-electron chi connectivity index (χ0n) is 23.1. The number of aromatic nitrogens is 2. The summed E-state index contributed by atoms with van der Waals surface area (Å²) in [4.78, 5) is 18.4. The molecule has 9 heteroatoms. The summed E-state index contributed by atoms with van der Waals surface area (Å²) in [7, 11) is 1.59. The highest BCUT2D eigenvalue weighted by Crippen LogP contribution is 2.35. The van der Waals surface area contributed by atoms with Crippen LogP contribution in [0.3, 0.4) is 0 Å². The molecule has 2 heterocycles. The van der Waals surface area contributed by atoms with Gasteiger partial charge < -0.3 is 13.9 Å². The van der Waals surface area contributed by atoms with Crippen molar-refractivity contribution < 1.29 is 13.9 Å². The van der Waals surface area contributed by atoms with Crippen LogP contribution in [0.1, 0.15) is 16.7 Å². The predicted octanol–water partition coefficient (Wildman–Crippen LogP) is 8.53. The van der Waals surface area contributed by atoms with E-state index in [1.807, 2.05) is 66.7 Å². The smallest absolute Gasteiger partial charge is 0.282 e. The van der Waals surface area contributed by atoms with Gasteiger partial charge in [0.25, 0.3) is 5.56 Å². The SMILES string of the molecule is C=CCc1cc(C=Nn2c(-c3cc4ccccc4o3)nc3ccccc3c2=O)cc(OC)c1OCc1ccc(Br)cc1Br. The highest BCUT2D eigenvalue weighted by Gasteiger charge is 2.17. The van der Waals surface area contributed by atoms with Crippen LogP contribution in [0.4, 0.5) is 0 Å². The molecule has 0 aliphatic carbocycles. The van der Waals surface area contributed by atoms with E-state index in [1.54, 1.807) is 37.6 Å². The van der Waals surface area contributed by atoms with E-state index in [2.05, 4.69) is 43.5 Å². The van der Waals surface area contributed by atoms with Gasteiger partial charge >= 0.3 is 0 Å². The molecule has 0 amide bonds. The lowest BCUT2D eigenvalue weighted by atomic mass is 10.1. The number of methoxy groups -OCH3 is 1. The Hall–Kier alpha value is -4.47. The van der Waals surface area contributed by atoms with Gasteiger partial charge in [-0.2, -0.15) is 9.78 Å². The second kappa shape index (κ2) is 12.4. The van der Waals surface area contributed by atoms with Gasteiger partial charge in [0.05, 0.1) is 24.2 Å². The van der Waals surface area contributed by atoms with E-state index in [1.165, 1.54) is 4.68 Å². The van der Waals surface area contributed by atoms with Crippen molar-refractivity contribution in [2.24, 2.45) is 5.10 Å². The van der Waals surface area contributed by atoms with E-state index in [0.29, 0.717) is 58.2 Å². The molecule has 0 fully saturated rings. The summed E-state index contributed by atoms with van der Waals surface area (Å²) in [5, 5.41) is 5.97. The summed E-state index contributed by atoms with van der Waals surface area (Å²) in [5.41, 5.74) is 3.51. The number of benzene rings is 4. The Bertz CT molecular complexity index is 2050. The van der Waals surface area contributed by atoms with Crippen LogP contribution < -0.4 is 15.0 Å². The van der Waals surface area contributed by atoms with Crippen LogP contribution in [-0.2, 0) is 13.0 Å². The summed E-state index contributed by atoms with van der Waals surface area (Å²) in [5.74, 6) is 1.89. The van der Waals surface area contributed by atoms with Gasteiger partial charge in [0.2, 0.25) is 5.82 Å². The lowest BCUT2D eigenvalue weighted by Gasteiger charge is -2.16. The van der Waals surface area contributed by atoms with Crippen molar-refractivity contribution in [2.45, 2.75) is 13.0 Å². The fourth-order valence-corrected chi connectivity index (χ4v) is 5.94. The fourth-order valence-electron chi connectivity index (χ4n) is 4.78. The highest BCUT2D eigenvalue weighted by molar-refractivity contribution is 9.11. The average molecular weight is 699 g/mol. The molecule has 0 bridgehead atoms. The van der Waals surface area contributed by atoms with Gasteiger partial charge in [-0.25, -0.2) is 4.98 Å². The third-order valence-corrected chi connectivity index (χ3v) is 8.08. The average Bonchev–Trinajstić information content (AvgIpc) is 3.45. The maximum absolute atomic E-state index is 13.7. The molecule has 2 aromatic heterocycles. The number of furan rings is 1. The maximum atomic E-state index is 13.7. The van der Waals surface area contributed by atoms with Gasteiger partial charge in [-0.1, -0.05) is 74.3 Å². The van der Waals surface area contributed by atoms with Gasteiger partial charge in [-0.3, -0.25) is 4.79 Å². The zero-order valence-corrected chi connectivity index (χ0v) is 26.3. The molecule has 214 valence electrons. The van der Waals surface area contributed by atoms with Gasteiger partial charge in [0.15, 0.2) is 17.3 Å². The molecule has 0 radical (unpaired) electrons. The molecule has 7 nitrogen and oxygen atoms in total. The van der Waals surface area contributed by atoms with Crippen LogP contribution in [0.2, 0.25) is 0 Å². The van der Waals surface area contributed by atoms with Crippen LogP contribution in [-0.4, -0.2) is 23.0 Å². The molecule has 4 aromatic carbocycles. The summed E-state index contributed by atoms with van der Waals surface area (Å²) in [6.45, 7) is 4.25. The molecule has 6 rings (SSSR count). The normalized spacial score (nSPS) is 11.4. The monoisotopic (exact) mass is 697 g/mol. The number of allylic oxidation sites excluding steroid dienone is 1. The Morgan fingerprint density at radius 3 is 2.60 bits per heavy atom. The summed E-state index contributed by atoms with van der Waals surface area (Å²) in [6, 6.07) is 26.4. The molecule has 0 atom stereocenters. The second-order valence-corrected chi connectivity index (χ2v) is 11.5. The lowest BCUT2D eigenvalue weighted by Crippen LogP contribution is -2.20. The number of hydrogen-bond donors (Lipinski definition) is 0. The lowest BCUT2D eigenvalue weighted by molar-refractivity contribution is 0.281.